The normalized spacial score (nSPS) is 18.9. The van der Waals surface area contributed by atoms with Gasteiger partial charge >= 0.3 is 0 Å². The Balaban J connectivity index is 2.19. The Bertz CT molecular complexity index is 534. The molecule has 0 spiro atoms. The Morgan fingerprint density at radius 3 is 2.43 bits per heavy atom. The van der Waals surface area contributed by atoms with Crippen LogP contribution in [0, 0.1) is 0 Å². The first-order valence-electron chi connectivity index (χ1n) is 7.88. The summed E-state index contributed by atoms with van der Waals surface area (Å²) in [7, 11) is -3.11. The fraction of sp³-hybridized carbons (Fsp3) is 0.625. The van der Waals surface area contributed by atoms with Gasteiger partial charge in [0.05, 0.1) is 10.6 Å². The molecule has 0 saturated carbocycles. The highest BCUT2D eigenvalue weighted by Gasteiger charge is 2.22. The molecule has 1 saturated heterocycles. The van der Waals surface area contributed by atoms with E-state index in [4.69, 9.17) is 0 Å². The topological polar surface area (TPSA) is 49.4 Å². The molecular weight excluding hydrogens is 284 g/mol. The number of sulfone groups is 1. The molecule has 1 aliphatic rings. The summed E-state index contributed by atoms with van der Waals surface area (Å²) in [6.07, 6.45) is 2.89. The fourth-order valence-corrected chi connectivity index (χ4v) is 4.22. The first-order valence-corrected chi connectivity index (χ1v) is 9.54. The highest BCUT2D eigenvalue weighted by atomic mass is 32.2. The van der Waals surface area contributed by atoms with Crippen LogP contribution in [0.4, 0.5) is 5.69 Å². The summed E-state index contributed by atoms with van der Waals surface area (Å²) in [6.45, 7) is 7.15. The molecule has 0 amide bonds. The summed E-state index contributed by atoms with van der Waals surface area (Å²) in [6, 6.07) is 7.94. The zero-order valence-electron chi connectivity index (χ0n) is 13.0. The van der Waals surface area contributed by atoms with Gasteiger partial charge in [-0.05, 0) is 50.1 Å². The standard InChI is InChI=1S/C16H26N2O2S/c1-3-11-18(15-9-10-17-13-15)14-5-7-16(8-6-14)21(19,20)12-4-2/h5-8,15,17H,3-4,9-13H2,1-2H3. The molecule has 118 valence electrons. The van der Waals surface area contributed by atoms with Gasteiger partial charge in [0.25, 0.3) is 0 Å². The molecule has 1 N–H and O–H groups in total. The van der Waals surface area contributed by atoms with Gasteiger partial charge in [-0.1, -0.05) is 13.8 Å². The van der Waals surface area contributed by atoms with Crippen molar-refractivity contribution in [3.8, 4) is 0 Å². The Morgan fingerprint density at radius 2 is 1.90 bits per heavy atom. The molecule has 21 heavy (non-hydrogen) atoms. The number of nitrogens with one attached hydrogen (secondary N) is 1. The van der Waals surface area contributed by atoms with Crippen LogP contribution in [0.3, 0.4) is 0 Å². The second-order valence-electron chi connectivity index (χ2n) is 5.65. The lowest BCUT2D eigenvalue weighted by atomic mass is 10.1. The van der Waals surface area contributed by atoms with Crippen LogP contribution in [0.5, 0.6) is 0 Å². The van der Waals surface area contributed by atoms with Gasteiger partial charge in [-0.25, -0.2) is 8.42 Å². The Labute approximate surface area is 128 Å². The average molecular weight is 310 g/mol. The van der Waals surface area contributed by atoms with Crippen LogP contribution < -0.4 is 10.2 Å². The molecule has 0 aliphatic carbocycles. The molecule has 0 aromatic heterocycles. The van der Waals surface area contributed by atoms with Crippen molar-refractivity contribution in [1.29, 1.82) is 0 Å². The molecule has 0 bridgehead atoms. The van der Waals surface area contributed by atoms with Gasteiger partial charge in [-0.2, -0.15) is 0 Å². The van der Waals surface area contributed by atoms with Gasteiger partial charge in [0, 0.05) is 24.8 Å². The summed E-state index contributed by atoms with van der Waals surface area (Å²) in [5.41, 5.74) is 1.13. The minimum absolute atomic E-state index is 0.220. The lowest BCUT2D eigenvalue weighted by Crippen LogP contribution is -2.37. The number of hydrogen-bond donors (Lipinski definition) is 1. The Morgan fingerprint density at radius 1 is 1.19 bits per heavy atom. The maximum atomic E-state index is 12.1. The third kappa shape index (κ3) is 3.98. The largest absolute Gasteiger partial charge is 0.367 e. The van der Waals surface area contributed by atoms with Crippen molar-refractivity contribution in [3.05, 3.63) is 24.3 Å². The summed E-state index contributed by atoms with van der Waals surface area (Å²) in [5.74, 6) is 0.220. The maximum absolute atomic E-state index is 12.1. The fourth-order valence-electron chi connectivity index (χ4n) is 2.90. The van der Waals surface area contributed by atoms with E-state index in [1.54, 1.807) is 12.1 Å². The second-order valence-corrected chi connectivity index (χ2v) is 7.76. The number of anilines is 1. The Hall–Kier alpha value is -1.07. The van der Waals surface area contributed by atoms with Gasteiger partial charge in [-0.15, -0.1) is 0 Å². The quantitative estimate of drug-likeness (QED) is 0.840. The van der Waals surface area contributed by atoms with Crippen molar-refractivity contribution in [2.45, 2.75) is 44.0 Å². The van der Waals surface area contributed by atoms with Crippen molar-refractivity contribution >= 4 is 15.5 Å². The minimum atomic E-state index is -3.11. The van der Waals surface area contributed by atoms with Crippen molar-refractivity contribution in [3.63, 3.8) is 0 Å². The number of rotatable bonds is 7. The summed E-state index contributed by atoms with van der Waals surface area (Å²) in [5, 5.41) is 3.40. The van der Waals surface area contributed by atoms with Gasteiger partial charge in [0.15, 0.2) is 9.84 Å². The summed E-state index contributed by atoms with van der Waals surface area (Å²) < 4.78 is 24.1. The van der Waals surface area contributed by atoms with E-state index in [0.717, 1.165) is 38.2 Å². The van der Waals surface area contributed by atoms with Gasteiger partial charge in [0.2, 0.25) is 0 Å². The maximum Gasteiger partial charge on any atom is 0.178 e. The first-order chi connectivity index (χ1) is 10.1. The molecule has 1 aliphatic heterocycles. The third-order valence-electron chi connectivity index (χ3n) is 3.94. The molecule has 1 atom stereocenters. The van der Waals surface area contributed by atoms with Gasteiger partial charge in [0.1, 0.15) is 0 Å². The van der Waals surface area contributed by atoms with E-state index >= 15 is 0 Å². The van der Waals surface area contributed by atoms with Crippen molar-refractivity contribution in [1.82, 2.24) is 5.32 Å². The summed E-state index contributed by atoms with van der Waals surface area (Å²) in [4.78, 5) is 2.84. The van der Waals surface area contributed by atoms with E-state index in [1.807, 2.05) is 19.1 Å². The monoisotopic (exact) mass is 310 g/mol. The van der Waals surface area contributed by atoms with Crippen LogP contribution in [-0.4, -0.2) is 39.8 Å². The van der Waals surface area contributed by atoms with Crippen LogP contribution in [0.15, 0.2) is 29.2 Å². The van der Waals surface area contributed by atoms with E-state index in [2.05, 4.69) is 17.1 Å². The van der Waals surface area contributed by atoms with Crippen molar-refractivity contribution in [2.24, 2.45) is 0 Å². The van der Waals surface area contributed by atoms with E-state index in [-0.39, 0.29) is 5.75 Å². The predicted octanol–water partition coefficient (Wildman–Crippen LogP) is 2.45. The zero-order chi connectivity index (χ0) is 15.3. The van der Waals surface area contributed by atoms with E-state index in [9.17, 15) is 8.42 Å². The molecule has 1 aromatic rings. The molecule has 0 radical (unpaired) electrons. The molecule has 2 rings (SSSR count). The lowest BCUT2D eigenvalue weighted by Gasteiger charge is -2.30. The van der Waals surface area contributed by atoms with Crippen LogP contribution in [-0.2, 0) is 9.84 Å². The van der Waals surface area contributed by atoms with Crippen LogP contribution in [0.25, 0.3) is 0 Å². The van der Waals surface area contributed by atoms with Crippen molar-refractivity contribution < 1.29 is 8.42 Å². The molecule has 1 unspecified atom stereocenters. The zero-order valence-corrected chi connectivity index (χ0v) is 13.8. The highest BCUT2D eigenvalue weighted by molar-refractivity contribution is 7.91. The molecule has 5 heteroatoms. The van der Waals surface area contributed by atoms with E-state index in [0.29, 0.717) is 17.4 Å². The highest BCUT2D eigenvalue weighted by Crippen LogP contribution is 2.23. The SMILES string of the molecule is CCCN(c1ccc(S(=O)(=O)CCC)cc1)C1CCNC1. The van der Waals surface area contributed by atoms with Gasteiger partial charge < -0.3 is 10.2 Å². The second kappa shape index (κ2) is 7.27. The number of nitrogens with zero attached hydrogens (tertiary/aromatic N) is 1. The molecule has 4 nitrogen and oxygen atoms in total. The van der Waals surface area contributed by atoms with Crippen LogP contribution in [0.1, 0.15) is 33.1 Å². The summed E-state index contributed by atoms with van der Waals surface area (Å²) >= 11 is 0. The molecule has 1 heterocycles. The molecular formula is C16H26N2O2S. The van der Waals surface area contributed by atoms with Gasteiger partial charge in [-0.3, -0.25) is 0 Å². The minimum Gasteiger partial charge on any atom is -0.367 e. The van der Waals surface area contributed by atoms with Crippen molar-refractivity contribution in [2.75, 3.05) is 30.3 Å². The number of benzene rings is 1. The van der Waals surface area contributed by atoms with E-state index in [1.165, 1.54) is 0 Å². The smallest absolute Gasteiger partial charge is 0.178 e. The van der Waals surface area contributed by atoms with Crippen LogP contribution in [0.2, 0.25) is 0 Å². The molecule has 1 aromatic carbocycles. The number of hydrogen-bond acceptors (Lipinski definition) is 4. The van der Waals surface area contributed by atoms with E-state index < -0.39 is 9.84 Å². The van der Waals surface area contributed by atoms with Crippen LogP contribution >= 0.6 is 0 Å². The lowest BCUT2D eigenvalue weighted by molar-refractivity contribution is 0.594. The predicted molar refractivity (Wildman–Crippen MR) is 87.7 cm³/mol. The Kier molecular flexibility index (Phi) is 5.65. The first kappa shape index (κ1) is 16.3. The third-order valence-corrected chi connectivity index (χ3v) is 5.88. The molecule has 1 fully saturated rings. The average Bonchev–Trinajstić information content (AvgIpc) is 2.99.